The van der Waals surface area contributed by atoms with Gasteiger partial charge in [0.25, 0.3) is 0 Å². The molecule has 1 N–H and O–H groups in total. The van der Waals surface area contributed by atoms with Gasteiger partial charge in [-0.2, -0.15) is 0 Å². The molecule has 0 aliphatic rings. The lowest BCUT2D eigenvalue weighted by Gasteiger charge is -2.09. The van der Waals surface area contributed by atoms with Crippen molar-refractivity contribution >= 4 is 10.9 Å². The van der Waals surface area contributed by atoms with Gasteiger partial charge in [0.15, 0.2) is 0 Å². The average molecular weight is 286 g/mol. The van der Waals surface area contributed by atoms with Crippen LogP contribution in [-0.4, -0.2) is 11.1 Å². The Balaban J connectivity index is 1.98. The van der Waals surface area contributed by atoms with Gasteiger partial charge in [0.1, 0.15) is 0 Å². The third-order valence-corrected chi connectivity index (χ3v) is 3.90. The van der Waals surface area contributed by atoms with E-state index in [-0.39, 0.29) is 0 Å². The van der Waals surface area contributed by atoms with E-state index in [1.54, 1.807) is 0 Å². The fraction of sp³-hybridized carbons (Fsp3) is 0.579. The molecule has 1 aromatic carbocycles. The molecule has 1 aromatic heterocycles. The minimum atomic E-state index is 0.704. The van der Waals surface area contributed by atoms with E-state index in [0.717, 1.165) is 25.6 Å². The molecule has 0 aliphatic carbocycles. The van der Waals surface area contributed by atoms with Gasteiger partial charge in [-0.25, -0.2) is 0 Å². The maximum absolute atomic E-state index is 3.51. The smallest absolute Gasteiger partial charge is 0.0480 e. The number of rotatable bonds is 8. The zero-order valence-corrected chi connectivity index (χ0v) is 14.0. The lowest BCUT2D eigenvalue weighted by Crippen LogP contribution is -2.18. The monoisotopic (exact) mass is 286 g/mol. The molecule has 0 unspecified atom stereocenters. The van der Waals surface area contributed by atoms with E-state index >= 15 is 0 Å². The van der Waals surface area contributed by atoms with Crippen molar-refractivity contribution in [2.45, 2.75) is 53.6 Å². The van der Waals surface area contributed by atoms with Crippen molar-refractivity contribution in [3.8, 4) is 0 Å². The second kappa shape index (κ2) is 7.65. The van der Waals surface area contributed by atoms with Gasteiger partial charge >= 0.3 is 0 Å². The molecule has 0 saturated carbocycles. The predicted molar refractivity (Wildman–Crippen MR) is 92.6 cm³/mol. The number of fused-ring (bicyclic) bond motifs is 1. The van der Waals surface area contributed by atoms with Crippen LogP contribution in [-0.2, 0) is 13.1 Å². The lowest BCUT2D eigenvalue weighted by atomic mass is 10.1. The maximum Gasteiger partial charge on any atom is 0.0480 e. The summed E-state index contributed by atoms with van der Waals surface area (Å²) in [4.78, 5) is 0. The van der Waals surface area contributed by atoms with Gasteiger partial charge in [-0.15, -0.1) is 0 Å². The quantitative estimate of drug-likeness (QED) is 0.736. The normalized spacial score (nSPS) is 11.9. The third kappa shape index (κ3) is 4.89. The molecule has 2 aromatic rings. The molecule has 0 saturated heterocycles. The van der Waals surface area contributed by atoms with Crippen LogP contribution < -0.4 is 5.32 Å². The topological polar surface area (TPSA) is 17.0 Å². The van der Waals surface area contributed by atoms with Gasteiger partial charge < -0.3 is 9.88 Å². The highest BCUT2D eigenvalue weighted by Gasteiger charge is 2.03. The fourth-order valence-electron chi connectivity index (χ4n) is 2.73. The second-order valence-electron chi connectivity index (χ2n) is 6.96. The van der Waals surface area contributed by atoms with E-state index in [1.807, 2.05) is 0 Å². The second-order valence-corrected chi connectivity index (χ2v) is 6.96. The molecule has 0 amide bonds. The average Bonchev–Trinajstić information content (AvgIpc) is 2.81. The molecule has 1 heterocycles. The van der Waals surface area contributed by atoms with Gasteiger partial charge in [-0.05, 0) is 60.4 Å². The highest BCUT2D eigenvalue weighted by molar-refractivity contribution is 5.80. The molecule has 116 valence electrons. The molecule has 0 radical (unpaired) electrons. The molecule has 0 aliphatic heterocycles. The van der Waals surface area contributed by atoms with Crippen molar-refractivity contribution in [2.24, 2.45) is 11.8 Å². The molecule has 0 atom stereocenters. The Bertz CT molecular complexity index is 552. The lowest BCUT2D eigenvalue weighted by molar-refractivity contribution is 0.518. The Kier molecular flexibility index (Phi) is 5.86. The van der Waals surface area contributed by atoms with E-state index in [2.05, 4.69) is 68.0 Å². The first kappa shape index (κ1) is 16.1. The van der Waals surface area contributed by atoms with Crippen LogP contribution >= 0.6 is 0 Å². The standard InChI is InChI=1S/C19H30N2/c1-15(2)6-5-10-21-11-9-18-12-17(7-8-19(18)21)14-20-13-16(3)4/h7-9,11-12,15-16,20H,5-6,10,13-14H2,1-4H3. The molecule has 2 rings (SSSR count). The van der Waals surface area contributed by atoms with Crippen LogP contribution in [0.4, 0.5) is 0 Å². The molecule has 2 nitrogen and oxygen atoms in total. The summed E-state index contributed by atoms with van der Waals surface area (Å²) in [5, 5.41) is 4.88. The summed E-state index contributed by atoms with van der Waals surface area (Å²) >= 11 is 0. The van der Waals surface area contributed by atoms with Gasteiger partial charge in [-0.3, -0.25) is 0 Å². The Morgan fingerprint density at radius 3 is 2.57 bits per heavy atom. The molecular weight excluding hydrogens is 256 g/mol. The third-order valence-electron chi connectivity index (χ3n) is 3.90. The first-order valence-corrected chi connectivity index (χ1v) is 8.34. The number of benzene rings is 1. The van der Waals surface area contributed by atoms with Gasteiger partial charge in [0, 0.05) is 24.8 Å². The van der Waals surface area contributed by atoms with Gasteiger partial charge in [0.2, 0.25) is 0 Å². The highest BCUT2D eigenvalue weighted by atomic mass is 14.9. The van der Waals surface area contributed by atoms with Crippen molar-refractivity contribution in [1.29, 1.82) is 0 Å². The minimum absolute atomic E-state index is 0.704. The summed E-state index contributed by atoms with van der Waals surface area (Å²) in [6.07, 6.45) is 4.80. The summed E-state index contributed by atoms with van der Waals surface area (Å²) in [5.74, 6) is 1.50. The van der Waals surface area contributed by atoms with E-state index in [4.69, 9.17) is 0 Å². The maximum atomic E-state index is 3.51. The zero-order chi connectivity index (χ0) is 15.2. The van der Waals surface area contributed by atoms with Gasteiger partial charge in [0.05, 0.1) is 0 Å². The van der Waals surface area contributed by atoms with Crippen molar-refractivity contribution < 1.29 is 0 Å². The largest absolute Gasteiger partial charge is 0.347 e. The van der Waals surface area contributed by atoms with Crippen LogP contribution in [0.3, 0.4) is 0 Å². The molecular formula is C19H30N2. The highest BCUT2D eigenvalue weighted by Crippen LogP contribution is 2.19. The number of hydrogen-bond donors (Lipinski definition) is 1. The summed E-state index contributed by atoms with van der Waals surface area (Å²) in [6.45, 7) is 12.3. The summed E-state index contributed by atoms with van der Waals surface area (Å²) in [7, 11) is 0. The first-order valence-electron chi connectivity index (χ1n) is 8.34. The number of nitrogens with one attached hydrogen (secondary N) is 1. The van der Waals surface area contributed by atoms with Crippen molar-refractivity contribution in [1.82, 2.24) is 9.88 Å². The van der Waals surface area contributed by atoms with E-state index in [1.165, 1.54) is 29.3 Å². The Morgan fingerprint density at radius 1 is 1.05 bits per heavy atom. The summed E-state index contributed by atoms with van der Waals surface area (Å²) in [5.41, 5.74) is 2.74. The molecule has 0 spiro atoms. The van der Waals surface area contributed by atoms with Crippen molar-refractivity contribution in [2.75, 3.05) is 6.54 Å². The van der Waals surface area contributed by atoms with Crippen LogP contribution in [0.5, 0.6) is 0 Å². The fourth-order valence-corrected chi connectivity index (χ4v) is 2.73. The SMILES string of the molecule is CC(C)CCCn1ccc2cc(CNCC(C)C)ccc21. The van der Waals surface area contributed by atoms with Crippen LogP contribution in [0.1, 0.15) is 46.1 Å². The van der Waals surface area contributed by atoms with E-state index in [9.17, 15) is 0 Å². The summed E-state index contributed by atoms with van der Waals surface area (Å²) in [6, 6.07) is 9.10. The zero-order valence-electron chi connectivity index (χ0n) is 14.0. The minimum Gasteiger partial charge on any atom is -0.347 e. The van der Waals surface area contributed by atoms with Crippen molar-refractivity contribution in [3.63, 3.8) is 0 Å². The van der Waals surface area contributed by atoms with Crippen LogP contribution in [0.15, 0.2) is 30.5 Å². The Labute approximate surface area is 129 Å². The number of nitrogens with zero attached hydrogens (tertiary/aromatic N) is 1. The van der Waals surface area contributed by atoms with Crippen LogP contribution in [0.2, 0.25) is 0 Å². The molecule has 0 fully saturated rings. The summed E-state index contributed by atoms with van der Waals surface area (Å²) < 4.78 is 2.39. The van der Waals surface area contributed by atoms with Crippen LogP contribution in [0, 0.1) is 11.8 Å². The number of hydrogen-bond acceptors (Lipinski definition) is 1. The van der Waals surface area contributed by atoms with E-state index < -0.39 is 0 Å². The first-order chi connectivity index (χ1) is 10.1. The van der Waals surface area contributed by atoms with Gasteiger partial charge in [-0.1, -0.05) is 33.8 Å². The molecule has 21 heavy (non-hydrogen) atoms. The Hall–Kier alpha value is -1.28. The number of aromatic nitrogens is 1. The Morgan fingerprint density at radius 2 is 1.86 bits per heavy atom. The predicted octanol–water partition coefficient (Wildman–Crippen LogP) is 4.82. The molecule has 2 heteroatoms. The molecule has 0 bridgehead atoms. The van der Waals surface area contributed by atoms with E-state index in [0.29, 0.717) is 5.92 Å². The number of aryl methyl sites for hydroxylation is 1. The van der Waals surface area contributed by atoms with Crippen molar-refractivity contribution in [3.05, 3.63) is 36.0 Å². The van der Waals surface area contributed by atoms with Crippen LogP contribution in [0.25, 0.3) is 10.9 Å².